The zero-order valence-electron chi connectivity index (χ0n) is 5.66. The average molecular weight is 152 g/mol. The highest BCUT2D eigenvalue weighted by molar-refractivity contribution is 7.67. The van der Waals surface area contributed by atoms with E-state index in [4.69, 9.17) is 0 Å². The van der Waals surface area contributed by atoms with E-state index >= 15 is 0 Å². The molecule has 0 spiro atoms. The summed E-state index contributed by atoms with van der Waals surface area (Å²) in [4.78, 5) is 0. The molecule has 0 aromatic rings. The normalized spacial score (nSPS) is 11.1. The molecule has 0 aliphatic heterocycles. The second kappa shape index (κ2) is 4.76. The van der Waals surface area contributed by atoms with E-state index in [1.54, 1.807) is 0 Å². The monoisotopic (exact) mass is 152 g/mol. The summed E-state index contributed by atoms with van der Waals surface area (Å²) in [6.45, 7) is 3.79. The third-order valence-corrected chi connectivity index (χ3v) is 1.62. The Balaban J connectivity index is 3.55. The second-order valence-corrected chi connectivity index (χ2v) is 2.43. The lowest BCUT2D eigenvalue weighted by Gasteiger charge is -2.05. The fraction of sp³-hybridized carbons (Fsp3) is 1.00. The van der Waals surface area contributed by atoms with Crippen LogP contribution in [0.2, 0.25) is 0 Å². The Hall–Kier alpha value is -0.0900. The first-order chi connectivity index (χ1) is 4.20. The lowest BCUT2D eigenvalue weighted by Crippen LogP contribution is -2.08. The summed E-state index contributed by atoms with van der Waals surface area (Å²) in [7, 11) is -2.65. The maximum atomic E-state index is 9.94. The lowest BCUT2D eigenvalue weighted by molar-refractivity contribution is 0.210. The van der Waals surface area contributed by atoms with Gasteiger partial charge in [-0.25, -0.2) is 8.42 Å². The molecule has 4 heteroatoms. The highest BCUT2D eigenvalue weighted by Crippen LogP contribution is 2.01. The molecule has 3 nitrogen and oxygen atoms in total. The quantitative estimate of drug-likeness (QED) is 0.603. The summed E-state index contributed by atoms with van der Waals surface area (Å²) in [6, 6.07) is 0. The third-order valence-electron chi connectivity index (χ3n) is 1.15. The molecule has 9 heavy (non-hydrogen) atoms. The van der Waals surface area contributed by atoms with E-state index in [1.807, 2.05) is 13.8 Å². The molecule has 0 atom stereocenters. The van der Waals surface area contributed by atoms with Gasteiger partial charge in [0.1, 0.15) is 0 Å². The largest absolute Gasteiger partial charge is 0.269 e. The van der Waals surface area contributed by atoms with E-state index in [0.29, 0.717) is 0 Å². The average Bonchev–Trinajstić information content (AvgIpc) is 1.82. The van der Waals surface area contributed by atoms with Crippen molar-refractivity contribution in [3.05, 3.63) is 0 Å². The number of hydrogen-bond acceptors (Lipinski definition) is 3. The highest BCUT2D eigenvalue weighted by atomic mass is 32.2. The van der Waals surface area contributed by atoms with Crippen LogP contribution in [0.4, 0.5) is 0 Å². The van der Waals surface area contributed by atoms with Crippen LogP contribution in [0, 0.1) is 0 Å². The Morgan fingerprint density at radius 1 is 1.33 bits per heavy atom. The van der Waals surface area contributed by atoms with Gasteiger partial charge in [-0.1, -0.05) is 13.8 Å². The van der Waals surface area contributed by atoms with Crippen molar-refractivity contribution in [3.63, 3.8) is 0 Å². The zero-order valence-corrected chi connectivity index (χ0v) is 6.56. The van der Waals surface area contributed by atoms with Crippen molar-refractivity contribution in [1.29, 1.82) is 0 Å². The smallest absolute Gasteiger partial charge is 0.257 e. The Labute approximate surface area is 57.2 Å². The standard InChI is InChI=1S/C5H12O3S/c1-3-5(4-2)8-9(6)7/h5,9H,3-4H2,1-2H3. The molecular weight excluding hydrogens is 140 g/mol. The third kappa shape index (κ3) is 4.42. The van der Waals surface area contributed by atoms with Gasteiger partial charge in [0.2, 0.25) is 0 Å². The summed E-state index contributed by atoms with van der Waals surface area (Å²) < 4.78 is 24.4. The molecule has 0 saturated heterocycles. The number of rotatable bonds is 4. The molecule has 0 aliphatic rings. The van der Waals surface area contributed by atoms with Crippen LogP contribution in [0.3, 0.4) is 0 Å². The molecule has 0 heterocycles. The molecule has 0 aromatic heterocycles. The van der Waals surface area contributed by atoms with Crippen LogP contribution in [0.1, 0.15) is 26.7 Å². The maximum Gasteiger partial charge on any atom is 0.257 e. The lowest BCUT2D eigenvalue weighted by atomic mass is 10.2. The molecule has 0 aliphatic carbocycles. The first-order valence-electron chi connectivity index (χ1n) is 3.01. The minimum absolute atomic E-state index is 0.119. The number of hydrogen-bond donors (Lipinski definition) is 1. The van der Waals surface area contributed by atoms with Crippen molar-refractivity contribution in [1.82, 2.24) is 0 Å². The van der Waals surface area contributed by atoms with Crippen LogP contribution in [0.5, 0.6) is 0 Å². The van der Waals surface area contributed by atoms with Crippen LogP contribution >= 0.6 is 0 Å². The summed E-state index contributed by atoms with van der Waals surface area (Å²) in [5, 5.41) is 0. The number of thiol groups is 1. The summed E-state index contributed by atoms with van der Waals surface area (Å²) >= 11 is 0. The predicted molar refractivity (Wildman–Crippen MR) is 35.8 cm³/mol. The molecule has 0 unspecified atom stereocenters. The molecule has 0 fully saturated rings. The summed E-state index contributed by atoms with van der Waals surface area (Å²) in [5.74, 6) is 0. The van der Waals surface area contributed by atoms with Crippen molar-refractivity contribution in [2.24, 2.45) is 0 Å². The minimum atomic E-state index is -2.65. The Morgan fingerprint density at radius 3 is 1.89 bits per heavy atom. The maximum absolute atomic E-state index is 9.94. The molecule has 0 bridgehead atoms. The van der Waals surface area contributed by atoms with Crippen LogP contribution in [-0.2, 0) is 15.2 Å². The topological polar surface area (TPSA) is 43.4 Å². The molecule has 0 N–H and O–H groups in total. The fourth-order valence-electron chi connectivity index (χ4n) is 0.559. The van der Waals surface area contributed by atoms with Crippen molar-refractivity contribution in [2.45, 2.75) is 32.8 Å². The SMILES string of the molecule is CCC(CC)O[SH](=O)=O. The summed E-state index contributed by atoms with van der Waals surface area (Å²) in [5.41, 5.74) is 0. The van der Waals surface area contributed by atoms with Gasteiger partial charge in [0.05, 0.1) is 6.10 Å². The zero-order chi connectivity index (χ0) is 7.28. The van der Waals surface area contributed by atoms with Crippen molar-refractivity contribution < 1.29 is 12.6 Å². The van der Waals surface area contributed by atoms with Crippen LogP contribution < -0.4 is 0 Å². The van der Waals surface area contributed by atoms with E-state index in [0.717, 1.165) is 12.8 Å². The van der Waals surface area contributed by atoms with Gasteiger partial charge >= 0.3 is 0 Å². The van der Waals surface area contributed by atoms with Gasteiger partial charge in [0, 0.05) is 0 Å². The first-order valence-corrected chi connectivity index (χ1v) is 4.11. The molecule has 0 radical (unpaired) electrons. The molecule has 0 aromatic carbocycles. The van der Waals surface area contributed by atoms with Crippen molar-refractivity contribution in [2.75, 3.05) is 0 Å². The van der Waals surface area contributed by atoms with Gasteiger partial charge in [-0.15, -0.1) is 0 Å². The molecule has 0 amide bonds. The van der Waals surface area contributed by atoms with E-state index in [9.17, 15) is 8.42 Å². The van der Waals surface area contributed by atoms with Crippen LogP contribution in [0.15, 0.2) is 0 Å². The first kappa shape index (κ1) is 8.91. The van der Waals surface area contributed by atoms with E-state index < -0.39 is 11.0 Å². The van der Waals surface area contributed by atoms with E-state index in [2.05, 4.69) is 4.18 Å². The molecule has 0 saturated carbocycles. The van der Waals surface area contributed by atoms with Gasteiger partial charge in [-0.3, -0.25) is 4.18 Å². The van der Waals surface area contributed by atoms with Gasteiger partial charge in [-0.05, 0) is 12.8 Å². The highest BCUT2D eigenvalue weighted by Gasteiger charge is 2.02. The van der Waals surface area contributed by atoms with Crippen molar-refractivity contribution in [3.8, 4) is 0 Å². The van der Waals surface area contributed by atoms with E-state index in [-0.39, 0.29) is 6.10 Å². The van der Waals surface area contributed by atoms with Gasteiger partial charge in [0.25, 0.3) is 11.0 Å². The van der Waals surface area contributed by atoms with Gasteiger partial charge < -0.3 is 0 Å². The Bertz CT molecular complexity index is 118. The molecule has 0 rings (SSSR count). The molecular formula is C5H12O3S. The Kier molecular flexibility index (Phi) is 4.71. The van der Waals surface area contributed by atoms with Crippen LogP contribution in [-0.4, -0.2) is 14.5 Å². The fourth-order valence-corrected chi connectivity index (χ4v) is 1.10. The van der Waals surface area contributed by atoms with Gasteiger partial charge in [-0.2, -0.15) is 0 Å². The van der Waals surface area contributed by atoms with Crippen molar-refractivity contribution >= 4 is 11.0 Å². The molecule has 56 valence electrons. The Morgan fingerprint density at radius 2 is 1.78 bits per heavy atom. The summed E-state index contributed by atoms with van der Waals surface area (Å²) in [6.07, 6.45) is 1.38. The van der Waals surface area contributed by atoms with Gasteiger partial charge in [0.15, 0.2) is 0 Å². The minimum Gasteiger partial charge on any atom is -0.269 e. The van der Waals surface area contributed by atoms with E-state index in [1.165, 1.54) is 0 Å². The predicted octanol–water partition coefficient (Wildman–Crippen LogP) is 0.718. The second-order valence-electron chi connectivity index (χ2n) is 1.77. The van der Waals surface area contributed by atoms with Crippen LogP contribution in [0.25, 0.3) is 0 Å².